The molecule has 0 aliphatic rings. The van der Waals surface area contributed by atoms with Gasteiger partial charge in [0.2, 0.25) is 0 Å². The summed E-state index contributed by atoms with van der Waals surface area (Å²) in [6.45, 7) is 0.283. The molecule has 0 fully saturated rings. The molecule has 4 aromatic rings. The minimum absolute atomic E-state index is 0.138. The summed E-state index contributed by atoms with van der Waals surface area (Å²) in [5, 5.41) is 8.47. The minimum Gasteiger partial charge on any atom is -0.293 e. The van der Waals surface area contributed by atoms with Crippen LogP contribution in [0.3, 0.4) is 0 Å². The topological polar surface area (TPSA) is 65.6 Å². The maximum absolute atomic E-state index is 13.1. The van der Waals surface area contributed by atoms with Crippen molar-refractivity contribution in [2.45, 2.75) is 6.54 Å². The maximum atomic E-state index is 13.1. The molecular formula is C17H11ClFN5O. The van der Waals surface area contributed by atoms with E-state index < -0.39 is 0 Å². The third-order valence-corrected chi connectivity index (χ3v) is 4.17. The van der Waals surface area contributed by atoms with E-state index in [0.717, 1.165) is 5.56 Å². The number of hydrogen-bond donors (Lipinski definition) is 0. The average molecular weight is 356 g/mol. The van der Waals surface area contributed by atoms with Gasteiger partial charge in [0.05, 0.1) is 12.2 Å². The second-order valence-electron chi connectivity index (χ2n) is 5.42. The lowest BCUT2D eigenvalue weighted by molar-refractivity contribution is 0.627. The molecule has 2 aromatic carbocycles. The predicted octanol–water partition coefficient (Wildman–Crippen LogP) is 2.82. The fourth-order valence-electron chi connectivity index (χ4n) is 2.52. The molecule has 0 amide bonds. The molecule has 124 valence electrons. The van der Waals surface area contributed by atoms with Crippen LogP contribution in [0.5, 0.6) is 0 Å². The van der Waals surface area contributed by atoms with Gasteiger partial charge in [-0.25, -0.2) is 9.37 Å². The molecule has 6 nitrogen and oxygen atoms in total. The second-order valence-corrected chi connectivity index (χ2v) is 5.83. The van der Waals surface area contributed by atoms with E-state index in [4.69, 9.17) is 11.6 Å². The maximum Gasteiger partial charge on any atom is 0.283 e. The Morgan fingerprint density at radius 1 is 1.08 bits per heavy atom. The molecule has 0 unspecified atom stereocenters. The molecule has 0 radical (unpaired) electrons. The largest absolute Gasteiger partial charge is 0.293 e. The van der Waals surface area contributed by atoms with Crippen LogP contribution in [-0.2, 0) is 6.54 Å². The summed E-state index contributed by atoms with van der Waals surface area (Å²) in [6, 6.07) is 13.0. The summed E-state index contributed by atoms with van der Waals surface area (Å²) < 4.78 is 15.9. The van der Waals surface area contributed by atoms with Gasteiger partial charge in [0.1, 0.15) is 12.1 Å². The van der Waals surface area contributed by atoms with Crippen molar-refractivity contribution in [3.63, 3.8) is 0 Å². The molecule has 0 N–H and O–H groups in total. The Labute approximate surface area is 146 Å². The van der Waals surface area contributed by atoms with Gasteiger partial charge in [0.25, 0.3) is 5.56 Å². The number of rotatable bonds is 3. The van der Waals surface area contributed by atoms with Crippen LogP contribution in [0.2, 0.25) is 5.02 Å². The van der Waals surface area contributed by atoms with Gasteiger partial charge in [-0.1, -0.05) is 35.0 Å². The quantitative estimate of drug-likeness (QED) is 0.567. The van der Waals surface area contributed by atoms with Crippen LogP contribution in [-0.4, -0.2) is 24.5 Å². The SMILES string of the molecule is O=c1c2nnn(-c3ccc(F)cc3)c2ncn1Cc1ccccc1Cl. The van der Waals surface area contributed by atoms with E-state index in [1.165, 1.54) is 27.7 Å². The standard InChI is InChI=1S/C17H11ClFN5O/c18-14-4-2-1-3-11(14)9-23-10-20-16-15(17(23)25)21-22-24(16)13-7-5-12(19)6-8-13/h1-8,10H,9H2. The van der Waals surface area contributed by atoms with E-state index in [9.17, 15) is 9.18 Å². The first-order valence-corrected chi connectivity index (χ1v) is 7.81. The van der Waals surface area contributed by atoms with Crippen molar-refractivity contribution >= 4 is 22.8 Å². The fraction of sp³-hybridized carbons (Fsp3) is 0.0588. The fourth-order valence-corrected chi connectivity index (χ4v) is 2.72. The smallest absolute Gasteiger partial charge is 0.283 e. The highest BCUT2D eigenvalue weighted by atomic mass is 35.5. The Bertz CT molecular complexity index is 1120. The third-order valence-electron chi connectivity index (χ3n) is 3.80. The van der Waals surface area contributed by atoms with Crippen LogP contribution in [0.25, 0.3) is 16.9 Å². The first-order valence-electron chi connectivity index (χ1n) is 7.44. The van der Waals surface area contributed by atoms with Crippen LogP contribution in [0.1, 0.15) is 5.56 Å². The Balaban J connectivity index is 1.78. The second kappa shape index (κ2) is 6.10. The zero-order valence-corrected chi connectivity index (χ0v) is 13.6. The highest BCUT2D eigenvalue weighted by Crippen LogP contribution is 2.16. The lowest BCUT2D eigenvalue weighted by atomic mass is 10.2. The first-order chi connectivity index (χ1) is 12.1. The number of nitrogens with zero attached hydrogens (tertiary/aromatic N) is 5. The molecule has 25 heavy (non-hydrogen) atoms. The number of benzene rings is 2. The molecule has 0 aliphatic carbocycles. The average Bonchev–Trinajstić information content (AvgIpc) is 3.05. The Morgan fingerprint density at radius 3 is 2.60 bits per heavy atom. The normalized spacial score (nSPS) is 11.1. The zero-order valence-electron chi connectivity index (χ0n) is 12.8. The summed E-state index contributed by atoms with van der Waals surface area (Å²) in [6.07, 6.45) is 1.43. The van der Waals surface area contributed by atoms with Crippen LogP contribution in [0.15, 0.2) is 59.7 Å². The van der Waals surface area contributed by atoms with Crippen LogP contribution in [0.4, 0.5) is 4.39 Å². The van der Waals surface area contributed by atoms with Gasteiger partial charge in [-0.2, -0.15) is 4.68 Å². The van der Waals surface area contributed by atoms with E-state index in [0.29, 0.717) is 16.4 Å². The number of hydrogen-bond acceptors (Lipinski definition) is 4. The third kappa shape index (κ3) is 2.78. The molecule has 0 bridgehead atoms. The van der Waals surface area contributed by atoms with E-state index >= 15 is 0 Å². The van der Waals surface area contributed by atoms with E-state index in [1.54, 1.807) is 18.2 Å². The molecule has 0 aliphatic heterocycles. The lowest BCUT2D eigenvalue weighted by Crippen LogP contribution is -2.21. The van der Waals surface area contributed by atoms with Crippen molar-refractivity contribution in [3.8, 4) is 5.69 Å². The summed E-state index contributed by atoms with van der Waals surface area (Å²) in [7, 11) is 0. The summed E-state index contributed by atoms with van der Waals surface area (Å²) in [5.74, 6) is -0.358. The Kier molecular flexibility index (Phi) is 3.77. The summed E-state index contributed by atoms with van der Waals surface area (Å²) in [4.78, 5) is 16.9. The van der Waals surface area contributed by atoms with Crippen LogP contribution >= 0.6 is 11.6 Å². The number of aromatic nitrogens is 5. The summed E-state index contributed by atoms with van der Waals surface area (Å²) >= 11 is 6.14. The van der Waals surface area contributed by atoms with Crippen LogP contribution < -0.4 is 5.56 Å². The number of halogens is 2. The van der Waals surface area contributed by atoms with E-state index in [2.05, 4.69) is 15.3 Å². The van der Waals surface area contributed by atoms with Crippen molar-refractivity contribution in [1.29, 1.82) is 0 Å². The molecule has 0 saturated heterocycles. The first kappa shape index (κ1) is 15.5. The highest BCUT2D eigenvalue weighted by Gasteiger charge is 2.14. The van der Waals surface area contributed by atoms with Gasteiger partial charge in [-0.3, -0.25) is 9.36 Å². The van der Waals surface area contributed by atoms with Gasteiger partial charge in [0.15, 0.2) is 11.2 Å². The molecular weight excluding hydrogens is 345 g/mol. The molecule has 2 heterocycles. The van der Waals surface area contributed by atoms with Crippen molar-refractivity contribution < 1.29 is 4.39 Å². The van der Waals surface area contributed by atoms with Gasteiger partial charge in [-0.05, 0) is 35.9 Å². The van der Waals surface area contributed by atoms with Gasteiger partial charge >= 0.3 is 0 Å². The van der Waals surface area contributed by atoms with Crippen molar-refractivity contribution in [2.24, 2.45) is 0 Å². The van der Waals surface area contributed by atoms with E-state index in [1.807, 2.05) is 18.2 Å². The molecule has 8 heteroatoms. The summed E-state index contributed by atoms with van der Waals surface area (Å²) in [5.41, 5.74) is 1.50. The highest BCUT2D eigenvalue weighted by molar-refractivity contribution is 6.31. The van der Waals surface area contributed by atoms with Crippen LogP contribution in [0, 0.1) is 5.82 Å². The lowest BCUT2D eigenvalue weighted by Gasteiger charge is -2.07. The zero-order chi connectivity index (χ0) is 17.4. The van der Waals surface area contributed by atoms with Gasteiger partial charge < -0.3 is 0 Å². The number of fused-ring (bicyclic) bond motifs is 1. The monoisotopic (exact) mass is 355 g/mol. The minimum atomic E-state index is -0.358. The predicted molar refractivity (Wildman–Crippen MR) is 91.4 cm³/mol. The molecule has 0 spiro atoms. The molecule has 0 saturated carbocycles. The Morgan fingerprint density at radius 2 is 1.84 bits per heavy atom. The van der Waals surface area contributed by atoms with Crippen molar-refractivity contribution in [2.75, 3.05) is 0 Å². The van der Waals surface area contributed by atoms with Gasteiger partial charge in [0, 0.05) is 5.02 Å². The Hall–Kier alpha value is -3.06. The molecule has 0 atom stereocenters. The molecule has 4 rings (SSSR count). The van der Waals surface area contributed by atoms with E-state index in [-0.39, 0.29) is 23.4 Å². The molecule has 2 aromatic heterocycles. The van der Waals surface area contributed by atoms with Crippen molar-refractivity contribution in [3.05, 3.63) is 81.6 Å². The van der Waals surface area contributed by atoms with Crippen molar-refractivity contribution in [1.82, 2.24) is 24.5 Å². The van der Waals surface area contributed by atoms with Gasteiger partial charge in [-0.15, -0.1) is 5.10 Å².